The minimum absolute atomic E-state index is 0.609. The molecule has 0 spiro atoms. The summed E-state index contributed by atoms with van der Waals surface area (Å²) in [5, 5.41) is 4.37. The first-order valence-electron chi connectivity index (χ1n) is 18.8. The fraction of sp³-hybridized carbons (Fsp3) is 0. The smallest absolute Gasteiger partial charge is 0.166 e. The molecule has 3 heterocycles. The van der Waals surface area contributed by atoms with Gasteiger partial charge in [-0.2, -0.15) is 0 Å². The minimum Gasteiger partial charge on any atom is -0.455 e. The number of hydrogen-bond donors (Lipinski definition) is 0. The summed E-state index contributed by atoms with van der Waals surface area (Å²) < 4.78 is 9.18. The van der Waals surface area contributed by atoms with Crippen LogP contribution in [0.4, 0.5) is 0 Å². The molecule has 0 aliphatic heterocycles. The van der Waals surface area contributed by atoms with E-state index in [9.17, 15) is 0 Å². The van der Waals surface area contributed by atoms with Crippen LogP contribution in [-0.4, -0.2) is 19.5 Å². The summed E-state index contributed by atoms with van der Waals surface area (Å²) in [4.78, 5) is 15.3. The molecule has 0 fully saturated rings. The zero-order chi connectivity index (χ0) is 37.0. The Bertz CT molecular complexity index is 3160. The van der Waals surface area contributed by atoms with Crippen molar-refractivity contribution in [1.29, 1.82) is 0 Å². The molecule has 0 amide bonds. The Hall–Kier alpha value is -7.63. The Balaban J connectivity index is 1.16. The summed E-state index contributed by atoms with van der Waals surface area (Å²) in [7, 11) is 0. The SMILES string of the molecule is c1ccc(-c2ccc(-c3cccc4c3oc3cccc(-n5c6ccccc6c6cccc(-c7nc(-c8ccccc8)nc(-c8ccccc8)n7)c65)c34)cc2)cc1. The molecule has 5 nitrogen and oxygen atoms in total. The van der Waals surface area contributed by atoms with E-state index in [0.29, 0.717) is 17.5 Å². The first kappa shape index (κ1) is 31.9. The third-order valence-electron chi connectivity index (χ3n) is 10.7. The van der Waals surface area contributed by atoms with Crippen molar-refractivity contribution < 1.29 is 4.42 Å². The van der Waals surface area contributed by atoms with Crippen molar-refractivity contribution in [1.82, 2.24) is 19.5 Å². The molecular weight excluding hydrogens is 685 g/mol. The van der Waals surface area contributed by atoms with Gasteiger partial charge < -0.3 is 8.98 Å². The molecule has 0 N–H and O–H groups in total. The molecule has 262 valence electrons. The van der Waals surface area contributed by atoms with Gasteiger partial charge in [-0.3, -0.25) is 0 Å². The number of rotatable bonds is 6. The van der Waals surface area contributed by atoms with Crippen LogP contribution in [0.5, 0.6) is 0 Å². The van der Waals surface area contributed by atoms with E-state index in [4.69, 9.17) is 19.4 Å². The number of benzene rings is 8. The van der Waals surface area contributed by atoms with Gasteiger partial charge in [0.15, 0.2) is 17.5 Å². The van der Waals surface area contributed by atoms with E-state index in [2.05, 4.69) is 132 Å². The Morgan fingerprint density at radius 2 is 0.875 bits per heavy atom. The molecule has 11 aromatic rings. The number of hydrogen-bond acceptors (Lipinski definition) is 4. The van der Waals surface area contributed by atoms with Crippen molar-refractivity contribution in [3.8, 4) is 62.1 Å². The van der Waals surface area contributed by atoms with Crippen molar-refractivity contribution in [2.24, 2.45) is 0 Å². The average Bonchev–Trinajstić information content (AvgIpc) is 3.84. The molecule has 8 aromatic carbocycles. The molecule has 3 aromatic heterocycles. The highest BCUT2D eigenvalue weighted by Gasteiger charge is 2.23. The van der Waals surface area contributed by atoms with E-state index in [0.717, 1.165) is 77.2 Å². The van der Waals surface area contributed by atoms with Crippen molar-refractivity contribution in [2.45, 2.75) is 0 Å². The molecule has 0 saturated carbocycles. The fourth-order valence-corrected chi connectivity index (χ4v) is 8.09. The Morgan fingerprint density at radius 1 is 0.357 bits per heavy atom. The monoisotopic (exact) mass is 716 g/mol. The van der Waals surface area contributed by atoms with Crippen LogP contribution in [0.25, 0.3) is 106 Å². The summed E-state index contributed by atoms with van der Waals surface area (Å²) in [6, 6.07) is 67.3. The summed E-state index contributed by atoms with van der Waals surface area (Å²) >= 11 is 0. The topological polar surface area (TPSA) is 56.7 Å². The first-order chi connectivity index (χ1) is 27.8. The standard InChI is InChI=1S/C51H32N4O/c1-4-15-33(16-5-1)34-29-31-35(32-30-34)38-22-12-24-41-46-44(27-14-28-45(46)56-48(38)41)55-43-26-11-10-21-39(43)40-23-13-25-42(47(40)55)51-53-49(36-17-6-2-7-18-36)52-50(54-51)37-19-8-3-9-20-37/h1-32H. The van der Waals surface area contributed by atoms with Crippen LogP contribution in [0.1, 0.15) is 0 Å². The summed E-state index contributed by atoms with van der Waals surface area (Å²) in [6.07, 6.45) is 0. The molecule has 0 unspecified atom stereocenters. The third kappa shape index (κ3) is 5.21. The second-order valence-electron chi connectivity index (χ2n) is 14.0. The number of fused-ring (bicyclic) bond motifs is 6. The predicted molar refractivity (Wildman–Crippen MR) is 229 cm³/mol. The molecule has 56 heavy (non-hydrogen) atoms. The van der Waals surface area contributed by atoms with Crippen LogP contribution in [0, 0.1) is 0 Å². The normalized spacial score (nSPS) is 11.6. The van der Waals surface area contributed by atoms with Gasteiger partial charge >= 0.3 is 0 Å². The Labute approximate surface area is 322 Å². The molecule has 0 aliphatic rings. The van der Waals surface area contributed by atoms with Crippen LogP contribution in [0.2, 0.25) is 0 Å². The van der Waals surface area contributed by atoms with Crippen molar-refractivity contribution >= 4 is 43.7 Å². The van der Waals surface area contributed by atoms with Gasteiger partial charge in [-0.25, -0.2) is 15.0 Å². The quantitative estimate of drug-likeness (QED) is 0.172. The number of aromatic nitrogens is 4. The molecule has 0 aliphatic carbocycles. The fourth-order valence-electron chi connectivity index (χ4n) is 8.09. The number of nitrogens with zero attached hydrogens (tertiary/aromatic N) is 4. The highest BCUT2D eigenvalue weighted by molar-refractivity contribution is 6.18. The molecule has 0 saturated heterocycles. The van der Waals surface area contributed by atoms with Gasteiger partial charge in [0.2, 0.25) is 0 Å². The van der Waals surface area contributed by atoms with Crippen molar-refractivity contribution in [2.75, 3.05) is 0 Å². The number of para-hydroxylation sites is 3. The van der Waals surface area contributed by atoms with Crippen LogP contribution in [0.15, 0.2) is 199 Å². The molecular formula is C51H32N4O. The van der Waals surface area contributed by atoms with E-state index >= 15 is 0 Å². The van der Waals surface area contributed by atoms with Gasteiger partial charge in [-0.15, -0.1) is 0 Å². The molecule has 11 rings (SSSR count). The highest BCUT2D eigenvalue weighted by atomic mass is 16.3. The van der Waals surface area contributed by atoms with E-state index in [1.54, 1.807) is 0 Å². The van der Waals surface area contributed by atoms with Gasteiger partial charge in [0.05, 0.1) is 22.1 Å². The lowest BCUT2D eigenvalue weighted by Crippen LogP contribution is -2.02. The second kappa shape index (κ2) is 13.0. The Kier molecular flexibility index (Phi) is 7.42. The van der Waals surface area contributed by atoms with Crippen molar-refractivity contribution in [3.63, 3.8) is 0 Å². The maximum atomic E-state index is 6.81. The average molecular weight is 717 g/mol. The lowest BCUT2D eigenvalue weighted by atomic mass is 9.98. The van der Waals surface area contributed by atoms with E-state index in [-0.39, 0.29) is 0 Å². The Morgan fingerprint density at radius 3 is 1.57 bits per heavy atom. The van der Waals surface area contributed by atoms with Crippen molar-refractivity contribution in [3.05, 3.63) is 194 Å². The van der Waals surface area contributed by atoms with Gasteiger partial charge in [0.1, 0.15) is 11.2 Å². The highest BCUT2D eigenvalue weighted by Crippen LogP contribution is 2.43. The minimum atomic E-state index is 0.609. The molecule has 0 radical (unpaired) electrons. The molecule has 0 bridgehead atoms. The predicted octanol–water partition coefficient (Wildman–Crippen LogP) is 13.2. The van der Waals surface area contributed by atoms with Crippen LogP contribution >= 0.6 is 0 Å². The van der Waals surface area contributed by atoms with Gasteiger partial charge in [-0.1, -0.05) is 170 Å². The second-order valence-corrected chi connectivity index (χ2v) is 14.0. The first-order valence-corrected chi connectivity index (χ1v) is 18.8. The largest absolute Gasteiger partial charge is 0.455 e. The lowest BCUT2D eigenvalue weighted by Gasteiger charge is -2.13. The van der Waals surface area contributed by atoms with Crippen LogP contribution in [0.3, 0.4) is 0 Å². The van der Waals surface area contributed by atoms with Gasteiger partial charge in [-0.05, 0) is 41.0 Å². The summed E-state index contributed by atoms with van der Waals surface area (Å²) in [5.74, 6) is 1.86. The maximum Gasteiger partial charge on any atom is 0.166 e. The third-order valence-corrected chi connectivity index (χ3v) is 10.7. The molecule has 5 heteroatoms. The van der Waals surface area contributed by atoms with Crippen LogP contribution in [-0.2, 0) is 0 Å². The van der Waals surface area contributed by atoms with Gasteiger partial charge in [0.25, 0.3) is 0 Å². The summed E-state index contributed by atoms with van der Waals surface area (Å²) in [5.41, 5.74) is 12.1. The van der Waals surface area contributed by atoms with Crippen LogP contribution < -0.4 is 0 Å². The molecule has 0 atom stereocenters. The zero-order valence-corrected chi connectivity index (χ0v) is 30.2. The van der Waals surface area contributed by atoms with E-state index in [1.165, 1.54) is 11.1 Å². The maximum absolute atomic E-state index is 6.81. The summed E-state index contributed by atoms with van der Waals surface area (Å²) in [6.45, 7) is 0. The van der Waals surface area contributed by atoms with Gasteiger partial charge in [0, 0.05) is 38.4 Å². The van der Waals surface area contributed by atoms with E-state index in [1.807, 2.05) is 66.7 Å². The van der Waals surface area contributed by atoms with E-state index < -0.39 is 0 Å². The number of furan rings is 1. The lowest BCUT2D eigenvalue weighted by molar-refractivity contribution is 0.670. The zero-order valence-electron chi connectivity index (χ0n) is 30.2.